The van der Waals surface area contributed by atoms with Crippen LogP contribution in [0.4, 0.5) is 23.0 Å². The van der Waals surface area contributed by atoms with Crippen molar-refractivity contribution in [2.45, 2.75) is 65.3 Å². The summed E-state index contributed by atoms with van der Waals surface area (Å²) >= 11 is 0. The van der Waals surface area contributed by atoms with Crippen LogP contribution in [-0.4, -0.2) is 60.8 Å². The maximum Gasteiger partial charge on any atom is 0.227 e. The van der Waals surface area contributed by atoms with Gasteiger partial charge < -0.3 is 30.2 Å². The Labute approximate surface area is 257 Å². The summed E-state index contributed by atoms with van der Waals surface area (Å²) in [5.74, 6) is 1.96. The van der Waals surface area contributed by atoms with Crippen LogP contribution in [0, 0.1) is 5.92 Å². The third kappa shape index (κ3) is 6.74. The summed E-state index contributed by atoms with van der Waals surface area (Å²) in [7, 11) is 7.88. The monoisotopic (exact) mass is 583 g/mol. The lowest BCUT2D eigenvalue weighted by Gasteiger charge is -2.24. The first-order valence-electron chi connectivity index (χ1n) is 15.9. The van der Waals surface area contributed by atoms with E-state index in [0.717, 1.165) is 56.0 Å². The number of para-hydroxylation sites is 1. The molecule has 0 saturated heterocycles. The van der Waals surface area contributed by atoms with Crippen molar-refractivity contribution in [2.24, 2.45) is 5.92 Å². The minimum Gasteiger partial charge on any atom is -0.494 e. The van der Waals surface area contributed by atoms with Gasteiger partial charge in [0.1, 0.15) is 5.75 Å². The average molecular weight is 584 g/mol. The number of ether oxygens (including phenoxy) is 1. The number of methoxy groups -OCH3 is 1. The van der Waals surface area contributed by atoms with Crippen molar-refractivity contribution in [3.63, 3.8) is 0 Å². The van der Waals surface area contributed by atoms with Gasteiger partial charge in [-0.05, 0) is 62.9 Å². The van der Waals surface area contributed by atoms with Gasteiger partial charge in [-0.2, -0.15) is 0 Å². The van der Waals surface area contributed by atoms with Crippen molar-refractivity contribution in [3.05, 3.63) is 53.9 Å². The summed E-state index contributed by atoms with van der Waals surface area (Å²) in [5, 5.41) is 4.72. The normalized spacial score (nSPS) is 13.5. The molecule has 1 aliphatic rings. The summed E-state index contributed by atoms with van der Waals surface area (Å²) < 4.78 is 8.23. The van der Waals surface area contributed by atoms with Crippen LogP contribution >= 0.6 is 0 Å². The van der Waals surface area contributed by atoms with E-state index in [1.54, 1.807) is 7.11 Å². The van der Waals surface area contributed by atoms with E-state index in [2.05, 4.69) is 79.1 Å². The molecule has 3 N–H and O–H groups in total. The van der Waals surface area contributed by atoms with Gasteiger partial charge in [0.15, 0.2) is 0 Å². The summed E-state index contributed by atoms with van der Waals surface area (Å²) in [6, 6.07) is 10.6. The highest BCUT2D eigenvalue weighted by molar-refractivity contribution is 5.98. The van der Waals surface area contributed by atoms with E-state index >= 15 is 0 Å². The molecular formula is C35H49N7O. The van der Waals surface area contributed by atoms with Crippen molar-refractivity contribution in [1.82, 2.24) is 19.4 Å². The molecule has 0 bridgehead atoms. The molecule has 0 spiro atoms. The molecule has 8 heteroatoms. The molecular weight excluding hydrogens is 534 g/mol. The third-order valence-corrected chi connectivity index (χ3v) is 8.93. The Bertz CT molecular complexity index is 1540. The number of aromatic nitrogens is 3. The van der Waals surface area contributed by atoms with E-state index in [-0.39, 0.29) is 0 Å². The zero-order valence-corrected chi connectivity index (χ0v) is 26.9. The highest BCUT2D eigenvalue weighted by Gasteiger charge is 2.21. The fourth-order valence-electron chi connectivity index (χ4n) is 6.42. The van der Waals surface area contributed by atoms with Crippen LogP contribution in [0.3, 0.4) is 0 Å². The van der Waals surface area contributed by atoms with Gasteiger partial charge in [-0.25, -0.2) is 9.97 Å². The van der Waals surface area contributed by atoms with E-state index in [9.17, 15) is 0 Å². The average Bonchev–Trinajstić information content (AvgIpc) is 3.38. The molecule has 4 aromatic rings. The van der Waals surface area contributed by atoms with Crippen molar-refractivity contribution in [3.8, 4) is 17.0 Å². The molecule has 2 aromatic heterocycles. The van der Waals surface area contributed by atoms with Crippen LogP contribution in [0.1, 0.15) is 57.1 Å². The Morgan fingerprint density at radius 1 is 1.12 bits per heavy atom. The van der Waals surface area contributed by atoms with Crippen molar-refractivity contribution < 1.29 is 4.74 Å². The molecule has 3 heterocycles. The summed E-state index contributed by atoms with van der Waals surface area (Å²) in [6.07, 6.45) is 12.4. The lowest BCUT2D eigenvalue weighted by molar-refractivity contribution is 0.413. The molecule has 0 saturated carbocycles. The molecule has 2 aromatic carbocycles. The number of hydrogen-bond donors (Lipinski definition) is 2. The SMILES string of the molecule is CCCC(CC)CCc1cnc(Nc2cc(N)c(N(C)CCN(C)C)cc2OC)nc1-c1cn2c3c(cccc13)CCC2. The highest BCUT2D eigenvalue weighted by Crippen LogP contribution is 2.39. The second-order valence-corrected chi connectivity index (χ2v) is 12.3. The maximum atomic E-state index is 6.56. The van der Waals surface area contributed by atoms with Crippen molar-refractivity contribution >= 4 is 33.9 Å². The molecule has 0 amide bonds. The van der Waals surface area contributed by atoms with Crippen LogP contribution in [0.15, 0.2) is 42.7 Å². The van der Waals surface area contributed by atoms with Gasteiger partial charge in [-0.15, -0.1) is 0 Å². The lowest BCUT2D eigenvalue weighted by Crippen LogP contribution is -2.29. The Morgan fingerprint density at radius 2 is 1.95 bits per heavy atom. The smallest absolute Gasteiger partial charge is 0.227 e. The number of nitrogen functional groups attached to an aromatic ring is 1. The van der Waals surface area contributed by atoms with Gasteiger partial charge in [0, 0.05) is 56.1 Å². The van der Waals surface area contributed by atoms with Crippen LogP contribution in [0.5, 0.6) is 5.75 Å². The zero-order chi connectivity index (χ0) is 30.5. The van der Waals surface area contributed by atoms with E-state index in [4.69, 9.17) is 20.4 Å². The van der Waals surface area contributed by atoms with Gasteiger partial charge in [0.2, 0.25) is 5.95 Å². The number of nitrogens with two attached hydrogens (primary N) is 1. The van der Waals surface area contributed by atoms with Gasteiger partial charge in [-0.3, -0.25) is 0 Å². The molecule has 0 aliphatic carbocycles. The van der Waals surface area contributed by atoms with Gasteiger partial charge in [0.05, 0.1) is 35.4 Å². The lowest BCUT2D eigenvalue weighted by atomic mass is 9.92. The number of anilines is 4. The number of rotatable bonds is 14. The predicted molar refractivity (Wildman–Crippen MR) is 181 cm³/mol. The van der Waals surface area contributed by atoms with Gasteiger partial charge in [0.25, 0.3) is 0 Å². The second kappa shape index (κ2) is 13.7. The van der Waals surface area contributed by atoms with Crippen LogP contribution in [0.25, 0.3) is 22.2 Å². The minimum absolute atomic E-state index is 0.540. The first-order valence-corrected chi connectivity index (χ1v) is 15.9. The number of likely N-dealkylation sites (N-methyl/N-ethyl adjacent to an activating group) is 2. The molecule has 0 radical (unpaired) electrons. The second-order valence-electron chi connectivity index (χ2n) is 12.3. The first-order chi connectivity index (χ1) is 20.8. The number of nitrogens with one attached hydrogen (secondary N) is 1. The van der Waals surface area contributed by atoms with Crippen LogP contribution < -0.4 is 20.7 Å². The quantitative estimate of drug-likeness (QED) is 0.153. The summed E-state index contributed by atoms with van der Waals surface area (Å²) in [4.78, 5) is 14.3. The summed E-state index contributed by atoms with van der Waals surface area (Å²) in [5.41, 5.74) is 15.1. The summed E-state index contributed by atoms with van der Waals surface area (Å²) in [6.45, 7) is 7.41. The fourth-order valence-corrected chi connectivity index (χ4v) is 6.42. The number of aryl methyl sites for hydroxylation is 3. The molecule has 1 atom stereocenters. The van der Waals surface area contributed by atoms with E-state index in [0.29, 0.717) is 23.3 Å². The molecule has 5 rings (SSSR count). The molecule has 43 heavy (non-hydrogen) atoms. The van der Waals surface area contributed by atoms with Crippen LogP contribution in [-0.2, 0) is 19.4 Å². The third-order valence-electron chi connectivity index (χ3n) is 8.93. The molecule has 0 fully saturated rings. The molecule has 1 unspecified atom stereocenters. The molecule has 230 valence electrons. The van der Waals surface area contributed by atoms with Gasteiger partial charge >= 0.3 is 0 Å². The molecule has 1 aliphatic heterocycles. The Morgan fingerprint density at radius 3 is 2.70 bits per heavy atom. The molecule has 8 nitrogen and oxygen atoms in total. The van der Waals surface area contributed by atoms with Crippen molar-refractivity contribution in [2.75, 3.05) is 57.3 Å². The van der Waals surface area contributed by atoms with E-state index in [1.165, 1.54) is 53.3 Å². The maximum absolute atomic E-state index is 6.56. The topological polar surface area (TPSA) is 84.5 Å². The Hall–Kier alpha value is -3.78. The van der Waals surface area contributed by atoms with Gasteiger partial charge in [-0.1, -0.05) is 51.3 Å². The zero-order valence-electron chi connectivity index (χ0n) is 26.9. The van der Waals surface area contributed by atoms with Crippen LogP contribution in [0.2, 0.25) is 0 Å². The number of nitrogens with zero attached hydrogens (tertiary/aromatic N) is 5. The largest absolute Gasteiger partial charge is 0.494 e. The van der Waals surface area contributed by atoms with Crippen molar-refractivity contribution in [1.29, 1.82) is 0 Å². The van der Waals surface area contributed by atoms with E-state index in [1.807, 2.05) is 18.3 Å². The predicted octanol–water partition coefficient (Wildman–Crippen LogP) is 7.14. The van der Waals surface area contributed by atoms with E-state index < -0.39 is 0 Å². The standard InChI is InChI=1S/C35H49N7O/c1-7-11-24(8-2)15-16-26-22-37-35(38-30-20-29(36)31(21-32(30)43-6)41(5)19-18-40(3)4)39-33(26)28-23-42-17-10-13-25-12-9-14-27(28)34(25)42/h9,12,14,20-24H,7-8,10-11,13,15-19,36H2,1-6H3,(H,37,38,39). The fraction of sp³-hybridized carbons (Fsp3) is 0.486. The first kappa shape index (κ1) is 30.7. The Balaban J connectivity index is 1.52. The number of hydrogen-bond acceptors (Lipinski definition) is 7. The highest BCUT2D eigenvalue weighted by atomic mass is 16.5. The number of benzene rings is 2. The minimum atomic E-state index is 0.540. The Kier molecular flexibility index (Phi) is 9.76.